The zero-order valence-corrected chi connectivity index (χ0v) is 32.7. The Kier molecular flexibility index (Phi) is 8.32. The van der Waals surface area contributed by atoms with Gasteiger partial charge in [-0.2, -0.15) is 0 Å². The van der Waals surface area contributed by atoms with Gasteiger partial charge in [-0.15, -0.1) is 0 Å². The van der Waals surface area contributed by atoms with Gasteiger partial charge in [0.15, 0.2) is 11.4 Å². The highest BCUT2D eigenvalue weighted by Gasteiger charge is 2.36. The summed E-state index contributed by atoms with van der Waals surface area (Å²) in [5, 5.41) is 6.91. The van der Waals surface area contributed by atoms with Crippen LogP contribution in [0.1, 0.15) is 0 Å². The summed E-state index contributed by atoms with van der Waals surface area (Å²) in [6, 6.07) is 81.2. The average molecular weight is 755 g/mol. The molecule has 2 heteroatoms. The zero-order chi connectivity index (χ0) is 39.3. The first-order chi connectivity index (χ1) is 29.1. The molecule has 0 spiro atoms. The second-order valence-corrected chi connectivity index (χ2v) is 15.5. The summed E-state index contributed by atoms with van der Waals surface area (Å²) in [5.74, 6) is 0. The van der Waals surface area contributed by atoms with Crippen LogP contribution in [0.5, 0.6) is 0 Å². The number of quaternary nitrogens is 1. The Hall–Kier alpha value is -7.52. The number of furan rings is 1. The Balaban J connectivity index is 1.14. The molecule has 0 amide bonds. The molecule has 0 N–H and O–H groups in total. The number of hydrogen-bond donors (Lipinski definition) is 0. The van der Waals surface area contributed by atoms with Crippen molar-refractivity contribution in [3.63, 3.8) is 0 Å². The monoisotopic (exact) mass is 754 g/mol. The minimum absolute atomic E-state index is 0.448. The van der Waals surface area contributed by atoms with Gasteiger partial charge in [0, 0.05) is 51.2 Å². The third kappa shape index (κ3) is 5.84. The molecule has 0 fully saturated rings. The van der Waals surface area contributed by atoms with Crippen LogP contribution in [0.15, 0.2) is 229 Å². The Morgan fingerprint density at radius 1 is 0.339 bits per heavy atom. The molecule has 0 aliphatic carbocycles. The zero-order valence-electron chi connectivity index (χ0n) is 32.7. The number of benzene rings is 10. The molecule has 278 valence electrons. The molecule has 59 heavy (non-hydrogen) atoms. The Bertz CT molecular complexity index is 3300. The molecule has 0 bridgehead atoms. The molecule has 0 radical (unpaired) electrons. The normalized spacial score (nSPS) is 12.6. The summed E-state index contributed by atoms with van der Waals surface area (Å²) >= 11 is 0. The molecule has 0 aliphatic rings. The maximum Gasteiger partial charge on any atom is 0.151 e. The van der Waals surface area contributed by atoms with Gasteiger partial charge in [0.25, 0.3) is 0 Å². The summed E-state index contributed by atoms with van der Waals surface area (Å²) in [4.78, 5) is 0. The lowest BCUT2D eigenvalue weighted by Crippen LogP contribution is -2.34. The second kappa shape index (κ2) is 14.1. The lowest BCUT2D eigenvalue weighted by atomic mass is 9.94. The average Bonchev–Trinajstić information content (AvgIpc) is 3.71. The van der Waals surface area contributed by atoms with Gasteiger partial charge in [0.2, 0.25) is 0 Å². The number of nitrogens with zero attached hydrogens (tertiary/aromatic N) is 1. The van der Waals surface area contributed by atoms with Crippen LogP contribution < -0.4 is 4.48 Å². The van der Waals surface area contributed by atoms with E-state index in [4.69, 9.17) is 4.42 Å². The van der Waals surface area contributed by atoms with E-state index < -0.39 is 0 Å². The van der Waals surface area contributed by atoms with Crippen LogP contribution in [0.25, 0.3) is 88.0 Å². The van der Waals surface area contributed by atoms with Crippen LogP contribution in [0.3, 0.4) is 0 Å². The largest absolute Gasteiger partial charge is 0.455 e. The standard InChI is InChI=1S/C57H40NO/c1-58(53-27-13-20-44-19-8-9-23-48(44)53,47-35-33-43(34-36-47)42-31-29-41(30-32-42)39-15-4-2-5-16-39)54-38-52-56-49(46-22-12-21-45(37-46)40-17-6-3-7-18-40)26-14-28-55(56)59-57(52)51-25-11-10-24-50(51)54/h2-38H,1H3/q+1. The van der Waals surface area contributed by atoms with E-state index in [1.807, 2.05) is 0 Å². The van der Waals surface area contributed by atoms with Crippen LogP contribution in [-0.4, -0.2) is 7.05 Å². The van der Waals surface area contributed by atoms with Gasteiger partial charge in [-0.05, 0) is 86.3 Å². The quantitative estimate of drug-likeness (QED) is 0.148. The predicted octanol–water partition coefficient (Wildman–Crippen LogP) is 16.2. The van der Waals surface area contributed by atoms with Crippen LogP contribution in [0.4, 0.5) is 17.1 Å². The first-order valence-corrected chi connectivity index (χ1v) is 20.3. The molecule has 0 saturated carbocycles. The van der Waals surface area contributed by atoms with Gasteiger partial charge in [-0.1, -0.05) is 164 Å². The molecule has 10 aromatic carbocycles. The summed E-state index contributed by atoms with van der Waals surface area (Å²) in [5.41, 5.74) is 14.9. The Labute approximate surface area is 344 Å². The van der Waals surface area contributed by atoms with Gasteiger partial charge in [0.1, 0.15) is 16.9 Å². The van der Waals surface area contributed by atoms with Crippen molar-refractivity contribution in [3.8, 4) is 44.5 Å². The molecule has 1 heterocycles. The van der Waals surface area contributed by atoms with Crippen molar-refractivity contribution in [2.24, 2.45) is 0 Å². The summed E-state index contributed by atoms with van der Waals surface area (Å²) in [7, 11) is 2.35. The van der Waals surface area contributed by atoms with Crippen molar-refractivity contribution in [2.45, 2.75) is 0 Å². The highest BCUT2D eigenvalue weighted by atomic mass is 16.3. The second-order valence-electron chi connectivity index (χ2n) is 15.5. The molecule has 0 saturated heterocycles. The molecular weight excluding hydrogens is 715 g/mol. The highest BCUT2D eigenvalue weighted by Crippen LogP contribution is 2.51. The molecule has 1 aromatic heterocycles. The van der Waals surface area contributed by atoms with Crippen LogP contribution >= 0.6 is 0 Å². The van der Waals surface area contributed by atoms with E-state index >= 15 is 0 Å². The van der Waals surface area contributed by atoms with E-state index in [-0.39, 0.29) is 0 Å². The maximum atomic E-state index is 6.89. The molecule has 1 unspecified atom stereocenters. The fourth-order valence-electron chi connectivity index (χ4n) is 9.18. The fourth-order valence-corrected chi connectivity index (χ4v) is 9.18. The molecule has 11 rings (SSSR count). The number of fused-ring (bicyclic) bond motifs is 6. The minimum atomic E-state index is 0.448. The van der Waals surface area contributed by atoms with E-state index in [1.165, 1.54) is 61.2 Å². The molecule has 0 aliphatic heterocycles. The van der Waals surface area contributed by atoms with Crippen molar-refractivity contribution < 1.29 is 4.42 Å². The van der Waals surface area contributed by atoms with E-state index in [0.29, 0.717) is 4.48 Å². The van der Waals surface area contributed by atoms with Crippen molar-refractivity contribution in [3.05, 3.63) is 224 Å². The van der Waals surface area contributed by atoms with Crippen molar-refractivity contribution in [1.82, 2.24) is 4.48 Å². The fraction of sp³-hybridized carbons (Fsp3) is 0.0175. The van der Waals surface area contributed by atoms with E-state index in [2.05, 4.69) is 232 Å². The summed E-state index contributed by atoms with van der Waals surface area (Å²) < 4.78 is 7.33. The Morgan fingerprint density at radius 3 is 1.56 bits per heavy atom. The predicted molar refractivity (Wildman–Crippen MR) is 250 cm³/mol. The van der Waals surface area contributed by atoms with Crippen LogP contribution in [-0.2, 0) is 0 Å². The highest BCUT2D eigenvalue weighted by molar-refractivity contribution is 6.22. The third-order valence-electron chi connectivity index (χ3n) is 12.2. The molecule has 1 atom stereocenters. The smallest absolute Gasteiger partial charge is 0.151 e. The summed E-state index contributed by atoms with van der Waals surface area (Å²) in [6.07, 6.45) is 0. The molecular formula is C57H40NO+. The number of hydrogen-bond acceptors (Lipinski definition) is 1. The molecule has 2 nitrogen and oxygen atoms in total. The Morgan fingerprint density at radius 2 is 0.847 bits per heavy atom. The first-order valence-electron chi connectivity index (χ1n) is 20.3. The van der Waals surface area contributed by atoms with Gasteiger partial charge in [-0.3, -0.25) is 0 Å². The third-order valence-corrected chi connectivity index (χ3v) is 12.2. The van der Waals surface area contributed by atoms with E-state index in [1.54, 1.807) is 0 Å². The summed E-state index contributed by atoms with van der Waals surface area (Å²) in [6.45, 7) is 0. The van der Waals surface area contributed by atoms with Crippen LogP contribution in [0.2, 0.25) is 0 Å². The van der Waals surface area contributed by atoms with Gasteiger partial charge in [0.05, 0.1) is 7.05 Å². The van der Waals surface area contributed by atoms with Crippen molar-refractivity contribution in [2.75, 3.05) is 7.05 Å². The van der Waals surface area contributed by atoms with Crippen molar-refractivity contribution >= 4 is 60.5 Å². The van der Waals surface area contributed by atoms with Gasteiger partial charge >= 0.3 is 0 Å². The minimum Gasteiger partial charge on any atom is -0.455 e. The number of rotatable bonds is 7. The molecule has 11 aromatic rings. The van der Waals surface area contributed by atoms with E-state index in [9.17, 15) is 0 Å². The lowest BCUT2D eigenvalue weighted by molar-refractivity contribution is 0.637. The van der Waals surface area contributed by atoms with Gasteiger partial charge < -0.3 is 4.42 Å². The maximum absolute atomic E-state index is 6.89. The SMILES string of the molecule is C[N+](c1ccc(-c2ccc(-c3ccccc3)cc2)cc1)(c1cccc2ccccc12)c1cc2c(oc3cccc(-c4cccc(-c5ccccc5)c4)c32)c2ccccc12. The topological polar surface area (TPSA) is 13.1 Å². The van der Waals surface area contributed by atoms with Crippen LogP contribution in [0, 0.1) is 0 Å². The van der Waals surface area contributed by atoms with E-state index in [0.717, 1.165) is 43.8 Å². The first kappa shape index (κ1) is 34.7. The lowest BCUT2D eigenvalue weighted by Gasteiger charge is -2.35. The van der Waals surface area contributed by atoms with Gasteiger partial charge in [-0.25, -0.2) is 4.48 Å². The van der Waals surface area contributed by atoms with Crippen molar-refractivity contribution in [1.29, 1.82) is 0 Å².